The van der Waals surface area contributed by atoms with Crippen molar-refractivity contribution in [3.8, 4) is 0 Å². The molecule has 0 saturated carbocycles. The maximum atomic E-state index is 3.23. The third-order valence-corrected chi connectivity index (χ3v) is 12.5. The van der Waals surface area contributed by atoms with E-state index in [1.807, 2.05) is 6.20 Å². The fourth-order valence-electron chi connectivity index (χ4n) is 7.92. The van der Waals surface area contributed by atoms with Gasteiger partial charge in [0, 0.05) is 47.5 Å². The van der Waals surface area contributed by atoms with E-state index in [0.717, 1.165) is 12.8 Å². The number of fused-ring (bicyclic) bond motifs is 5. The summed E-state index contributed by atoms with van der Waals surface area (Å²) in [7, 11) is 0. The molecular weight excluding hydrogens is 787 g/mol. The number of benzene rings is 3. The zero-order chi connectivity index (χ0) is 47.4. The van der Waals surface area contributed by atoms with Gasteiger partial charge in [-0.05, 0) is 149 Å². The molecule has 340 valence electrons. The van der Waals surface area contributed by atoms with Gasteiger partial charge in [0.25, 0.3) is 0 Å². The van der Waals surface area contributed by atoms with Gasteiger partial charge in [0.1, 0.15) is 0 Å². The first-order valence-electron chi connectivity index (χ1n) is 23.7. The number of H-pyrrole nitrogens is 1. The lowest BCUT2D eigenvalue weighted by Crippen LogP contribution is -2.24. The predicted molar refractivity (Wildman–Crippen MR) is 285 cm³/mol. The van der Waals surface area contributed by atoms with Crippen LogP contribution < -0.4 is 10.4 Å². The van der Waals surface area contributed by atoms with Gasteiger partial charge < -0.3 is 13.8 Å². The van der Waals surface area contributed by atoms with Crippen molar-refractivity contribution in [2.24, 2.45) is 0 Å². The van der Waals surface area contributed by atoms with Crippen molar-refractivity contribution >= 4 is 40.2 Å². The quantitative estimate of drug-likeness (QED) is 0.157. The lowest BCUT2D eigenvalue weighted by Gasteiger charge is -2.19. The van der Waals surface area contributed by atoms with Gasteiger partial charge in [-0.3, -0.25) is 0 Å². The number of hydrogen-bond acceptors (Lipinski definition) is 0. The van der Waals surface area contributed by atoms with Crippen molar-refractivity contribution < 1.29 is 0 Å². The molecule has 0 radical (unpaired) electrons. The second-order valence-corrected chi connectivity index (χ2v) is 23.1. The Kier molecular flexibility index (Phi) is 14.5. The molecule has 2 aliphatic carbocycles. The molecule has 8 aromatic rings. The van der Waals surface area contributed by atoms with Crippen LogP contribution in [0.15, 0.2) is 146 Å². The van der Waals surface area contributed by atoms with Crippen LogP contribution in [0.3, 0.4) is 0 Å². The highest BCUT2D eigenvalue weighted by atomic mass is 14.9. The van der Waals surface area contributed by atoms with Crippen LogP contribution in [0.2, 0.25) is 0 Å². The maximum Gasteiger partial charge on any atom is 0.0456 e. The van der Waals surface area contributed by atoms with Crippen molar-refractivity contribution in [2.45, 2.75) is 144 Å². The standard InChI is InChI=1S/2C13H16.3C12H15N/c2*1-13(2,3)12-8-7-10-5-4-6-11(10)9-12;1-12(2,3)10-5-4-9-6-7-13-11(9)8-10;1-12(2,3)10-6-7-11-5-4-8-13(11)9-10;1-12(2,3)10-6-8-13-7-4-5-11(13)9-10/h5-9H,4H2,1-3H3;4,6-9H,5H2,1-3H3;4-8,13H,1-3H3;2*4-9H,1-3H3. The Hall–Kier alpha value is -5.80. The molecule has 0 aliphatic heterocycles. The molecular formula is C62H77N3. The lowest BCUT2D eigenvalue weighted by molar-refractivity contribution is 0.586. The Morgan fingerprint density at radius 2 is 1.00 bits per heavy atom. The van der Waals surface area contributed by atoms with Gasteiger partial charge in [0.15, 0.2) is 0 Å². The van der Waals surface area contributed by atoms with Gasteiger partial charge in [-0.2, -0.15) is 0 Å². The molecule has 0 unspecified atom stereocenters. The molecule has 0 bridgehead atoms. The second kappa shape index (κ2) is 19.4. The first kappa shape index (κ1) is 48.7. The summed E-state index contributed by atoms with van der Waals surface area (Å²) in [5, 5.41) is 4.09. The normalized spacial score (nSPS) is 13.2. The summed E-state index contributed by atoms with van der Waals surface area (Å²) in [6.45, 7) is 33.7. The highest BCUT2D eigenvalue weighted by molar-refractivity contribution is 5.80. The minimum atomic E-state index is 0.235. The SMILES string of the molecule is CC(C)(C)c1ccc2c(c1)=CCC=2.CC(C)(C)c1ccc2c(c1)C=CC2.CC(C)(C)c1ccc2cc[nH]c2c1.CC(C)(C)c1ccc2cccn2c1.CC(C)(C)c1ccn2cccc2c1. The maximum absolute atomic E-state index is 3.23. The van der Waals surface area contributed by atoms with Crippen LogP contribution in [-0.2, 0) is 33.5 Å². The molecule has 5 heterocycles. The minimum absolute atomic E-state index is 0.235. The number of pyridine rings is 2. The summed E-state index contributed by atoms with van der Waals surface area (Å²) in [5.41, 5.74) is 14.9. The zero-order valence-corrected chi connectivity index (χ0v) is 42.4. The van der Waals surface area contributed by atoms with E-state index < -0.39 is 0 Å². The molecule has 0 atom stereocenters. The monoisotopic (exact) mass is 864 g/mol. The van der Waals surface area contributed by atoms with E-state index in [-0.39, 0.29) is 27.1 Å². The molecule has 3 heteroatoms. The van der Waals surface area contributed by atoms with Gasteiger partial charge in [-0.15, -0.1) is 0 Å². The average molecular weight is 864 g/mol. The number of hydrogen-bond donors (Lipinski definition) is 1. The summed E-state index contributed by atoms with van der Waals surface area (Å²) in [4.78, 5) is 3.23. The molecule has 0 amide bonds. The predicted octanol–water partition coefficient (Wildman–Crippen LogP) is 15.4. The molecule has 3 nitrogen and oxygen atoms in total. The number of nitrogens with zero attached hydrogens (tertiary/aromatic N) is 2. The Morgan fingerprint density at radius 1 is 0.446 bits per heavy atom. The fraction of sp³-hybridized carbons (Fsp3) is 0.355. The van der Waals surface area contributed by atoms with Gasteiger partial charge in [-0.1, -0.05) is 183 Å². The zero-order valence-electron chi connectivity index (χ0n) is 42.4. The average Bonchev–Trinajstić information content (AvgIpc) is 4.09. The largest absolute Gasteiger partial charge is 0.361 e. The first-order valence-corrected chi connectivity index (χ1v) is 23.7. The van der Waals surface area contributed by atoms with Crippen LogP contribution in [0.1, 0.15) is 149 Å². The van der Waals surface area contributed by atoms with Crippen molar-refractivity contribution in [1.82, 2.24) is 13.8 Å². The number of allylic oxidation sites excluding steroid dienone is 1. The second-order valence-electron chi connectivity index (χ2n) is 23.1. The van der Waals surface area contributed by atoms with E-state index in [1.165, 1.54) is 71.3 Å². The van der Waals surface area contributed by atoms with Crippen LogP contribution in [0.5, 0.6) is 0 Å². The summed E-state index contributed by atoms with van der Waals surface area (Å²) in [6, 6.07) is 39.5. The van der Waals surface area contributed by atoms with E-state index >= 15 is 0 Å². The van der Waals surface area contributed by atoms with Gasteiger partial charge in [0.2, 0.25) is 0 Å². The van der Waals surface area contributed by atoms with E-state index in [1.54, 1.807) is 0 Å². The highest BCUT2D eigenvalue weighted by Crippen LogP contribution is 2.29. The smallest absolute Gasteiger partial charge is 0.0456 e. The lowest BCUT2D eigenvalue weighted by atomic mass is 9.85. The van der Waals surface area contributed by atoms with Crippen molar-refractivity contribution in [1.29, 1.82) is 0 Å². The number of rotatable bonds is 0. The van der Waals surface area contributed by atoms with Crippen LogP contribution in [0.25, 0.3) is 40.2 Å². The van der Waals surface area contributed by atoms with E-state index in [2.05, 4.69) is 276 Å². The molecule has 0 fully saturated rings. The van der Waals surface area contributed by atoms with Gasteiger partial charge in [0.05, 0.1) is 0 Å². The topological polar surface area (TPSA) is 24.6 Å². The Bertz CT molecular complexity index is 2790. The van der Waals surface area contributed by atoms with E-state index in [4.69, 9.17) is 0 Å². The third kappa shape index (κ3) is 12.9. The summed E-state index contributed by atoms with van der Waals surface area (Å²) in [5.74, 6) is 0. The van der Waals surface area contributed by atoms with Crippen LogP contribution in [-0.4, -0.2) is 13.8 Å². The molecule has 10 rings (SSSR count). The number of aromatic amines is 1. The van der Waals surface area contributed by atoms with Crippen molar-refractivity contribution in [3.63, 3.8) is 0 Å². The van der Waals surface area contributed by atoms with Gasteiger partial charge >= 0.3 is 0 Å². The summed E-state index contributed by atoms with van der Waals surface area (Å²) in [6.07, 6.45) is 21.7. The van der Waals surface area contributed by atoms with Crippen LogP contribution in [0.4, 0.5) is 0 Å². The molecule has 0 saturated heterocycles. The van der Waals surface area contributed by atoms with E-state index in [9.17, 15) is 0 Å². The Labute approximate surface area is 391 Å². The summed E-state index contributed by atoms with van der Waals surface area (Å²) >= 11 is 0. The van der Waals surface area contributed by atoms with Crippen molar-refractivity contribution in [2.75, 3.05) is 0 Å². The summed E-state index contributed by atoms with van der Waals surface area (Å²) < 4.78 is 4.30. The molecule has 5 aromatic heterocycles. The van der Waals surface area contributed by atoms with Crippen molar-refractivity contribution in [3.05, 3.63) is 196 Å². The fourth-order valence-corrected chi connectivity index (χ4v) is 7.92. The minimum Gasteiger partial charge on any atom is -0.361 e. The Balaban J connectivity index is 0.000000135. The van der Waals surface area contributed by atoms with Crippen LogP contribution >= 0.6 is 0 Å². The molecule has 3 aromatic carbocycles. The molecule has 0 spiro atoms. The molecule has 65 heavy (non-hydrogen) atoms. The molecule has 1 N–H and O–H groups in total. The Morgan fingerprint density at radius 3 is 1.68 bits per heavy atom. The number of aromatic nitrogens is 3. The van der Waals surface area contributed by atoms with E-state index in [0.29, 0.717) is 0 Å². The molecule has 2 aliphatic rings. The number of nitrogens with one attached hydrogen (secondary N) is 1. The highest BCUT2D eigenvalue weighted by Gasteiger charge is 2.17. The third-order valence-electron chi connectivity index (χ3n) is 12.5. The van der Waals surface area contributed by atoms with Gasteiger partial charge in [-0.25, -0.2) is 0 Å². The van der Waals surface area contributed by atoms with Crippen LogP contribution in [0, 0.1) is 0 Å². The first-order chi connectivity index (χ1) is 30.4.